The van der Waals surface area contributed by atoms with Crippen molar-refractivity contribution in [1.82, 2.24) is 5.32 Å². The molecule has 1 atom stereocenters. The third kappa shape index (κ3) is 4.77. The van der Waals surface area contributed by atoms with Gasteiger partial charge in [0.2, 0.25) is 5.91 Å². The van der Waals surface area contributed by atoms with Gasteiger partial charge in [0, 0.05) is 0 Å². The first-order valence-corrected chi connectivity index (χ1v) is 3.71. The lowest BCUT2D eigenvalue weighted by Crippen LogP contribution is -2.42. The van der Waals surface area contributed by atoms with Gasteiger partial charge in [0.25, 0.3) is 5.91 Å². The van der Waals surface area contributed by atoms with Crippen LogP contribution in [0.3, 0.4) is 0 Å². The minimum absolute atomic E-state index is 0.452. The molecule has 0 saturated carbocycles. The number of rotatable bonds is 4. The van der Waals surface area contributed by atoms with Crippen LogP contribution < -0.4 is 11.1 Å². The molecular formula is C8H10N2O4. The summed E-state index contributed by atoms with van der Waals surface area (Å²) in [6.45, 7) is 1.43. The molecule has 0 aromatic rings. The van der Waals surface area contributed by atoms with E-state index in [0.717, 1.165) is 0 Å². The quantitative estimate of drug-likeness (QED) is 0.475. The highest BCUT2D eigenvalue weighted by Gasteiger charge is 2.21. The first-order chi connectivity index (χ1) is 6.47. The summed E-state index contributed by atoms with van der Waals surface area (Å²) in [5.74, 6) is 1.51. The average Bonchev–Trinajstić information content (AvgIpc) is 2.02. The molecule has 4 N–H and O–H groups in total. The second-order valence-electron chi connectivity index (χ2n) is 2.41. The monoisotopic (exact) mass is 198 g/mol. The zero-order chi connectivity index (χ0) is 11.1. The molecule has 0 rings (SSSR count). The van der Waals surface area contributed by atoms with Gasteiger partial charge in [-0.1, -0.05) is 5.92 Å². The Labute approximate surface area is 80.5 Å². The Bertz CT molecular complexity index is 313. The zero-order valence-corrected chi connectivity index (χ0v) is 7.53. The van der Waals surface area contributed by atoms with Gasteiger partial charge in [-0.25, -0.2) is 4.79 Å². The first kappa shape index (κ1) is 12.0. The molecule has 0 spiro atoms. The number of carboxylic acid groups (broad SMARTS) is 1. The topological polar surface area (TPSA) is 109 Å². The molecular weight excluding hydrogens is 188 g/mol. The number of carboxylic acids is 1. The Hall–Kier alpha value is -2.03. The number of nitrogens with two attached hydrogens (primary N) is 1. The number of carbonyl (C=O) groups is 3. The third-order valence-corrected chi connectivity index (χ3v) is 1.25. The maximum atomic E-state index is 10.8. The van der Waals surface area contributed by atoms with E-state index in [1.54, 1.807) is 0 Å². The molecule has 14 heavy (non-hydrogen) atoms. The van der Waals surface area contributed by atoms with Crippen molar-refractivity contribution in [2.24, 2.45) is 5.73 Å². The number of nitrogens with one attached hydrogen (secondary N) is 1. The number of amides is 2. The number of aliphatic carboxylic acids is 1. The average molecular weight is 198 g/mol. The van der Waals surface area contributed by atoms with E-state index in [2.05, 4.69) is 11.8 Å². The van der Waals surface area contributed by atoms with E-state index >= 15 is 0 Å². The second-order valence-corrected chi connectivity index (χ2v) is 2.41. The van der Waals surface area contributed by atoms with Crippen LogP contribution in [0.4, 0.5) is 0 Å². The molecule has 0 radical (unpaired) electrons. The summed E-state index contributed by atoms with van der Waals surface area (Å²) >= 11 is 0. The summed E-state index contributed by atoms with van der Waals surface area (Å²) in [5.41, 5.74) is 4.79. The number of hydrogen-bond donors (Lipinski definition) is 3. The molecule has 0 fully saturated rings. The van der Waals surface area contributed by atoms with Crippen LogP contribution in [0.5, 0.6) is 0 Å². The molecule has 0 aromatic heterocycles. The van der Waals surface area contributed by atoms with E-state index in [0.29, 0.717) is 0 Å². The Balaban J connectivity index is 4.35. The van der Waals surface area contributed by atoms with Crippen LogP contribution in [0.25, 0.3) is 0 Å². The van der Waals surface area contributed by atoms with Crippen molar-refractivity contribution in [3.05, 3.63) is 0 Å². The molecule has 0 heterocycles. The normalized spacial score (nSPS) is 10.6. The first-order valence-electron chi connectivity index (χ1n) is 3.71. The van der Waals surface area contributed by atoms with Gasteiger partial charge in [-0.2, -0.15) is 0 Å². The standard InChI is InChI=1S/C8H10N2O4/c1-2-3-7(12)10-5(8(13)14)4-6(9)11/h5H,4H2,1H3,(H2,9,11)(H,10,12)(H,13,14). The largest absolute Gasteiger partial charge is 0.480 e. The SMILES string of the molecule is CC#CC(=O)NC(CC(N)=O)C(=O)O. The van der Waals surface area contributed by atoms with E-state index in [9.17, 15) is 14.4 Å². The van der Waals surface area contributed by atoms with Gasteiger partial charge >= 0.3 is 5.97 Å². The van der Waals surface area contributed by atoms with E-state index in [4.69, 9.17) is 10.8 Å². The molecule has 0 aromatic carbocycles. The van der Waals surface area contributed by atoms with Crippen LogP contribution in [0.2, 0.25) is 0 Å². The van der Waals surface area contributed by atoms with Crippen molar-refractivity contribution in [3.63, 3.8) is 0 Å². The predicted molar refractivity (Wildman–Crippen MR) is 46.8 cm³/mol. The summed E-state index contributed by atoms with van der Waals surface area (Å²) in [6.07, 6.45) is -0.452. The fourth-order valence-corrected chi connectivity index (χ4v) is 0.709. The highest BCUT2D eigenvalue weighted by molar-refractivity contribution is 5.97. The van der Waals surface area contributed by atoms with Crippen LogP contribution in [0.1, 0.15) is 13.3 Å². The van der Waals surface area contributed by atoms with Gasteiger partial charge in [0.05, 0.1) is 6.42 Å². The highest BCUT2D eigenvalue weighted by Crippen LogP contribution is 1.91. The zero-order valence-electron chi connectivity index (χ0n) is 7.53. The van der Waals surface area contributed by atoms with E-state index in [1.165, 1.54) is 6.92 Å². The van der Waals surface area contributed by atoms with Crippen molar-refractivity contribution in [1.29, 1.82) is 0 Å². The van der Waals surface area contributed by atoms with Crippen LogP contribution in [0.15, 0.2) is 0 Å². The molecule has 6 heteroatoms. The molecule has 2 amide bonds. The van der Waals surface area contributed by atoms with Crippen LogP contribution in [-0.4, -0.2) is 28.9 Å². The minimum atomic E-state index is -1.32. The highest BCUT2D eigenvalue weighted by atomic mass is 16.4. The molecule has 76 valence electrons. The van der Waals surface area contributed by atoms with Gasteiger partial charge in [-0.15, -0.1) is 0 Å². The summed E-state index contributed by atoms with van der Waals surface area (Å²) in [4.78, 5) is 31.8. The summed E-state index contributed by atoms with van der Waals surface area (Å²) < 4.78 is 0. The lowest BCUT2D eigenvalue weighted by Gasteiger charge is -2.09. The van der Waals surface area contributed by atoms with E-state index < -0.39 is 30.2 Å². The van der Waals surface area contributed by atoms with Gasteiger partial charge in [0.15, 0.2) is 0 Å². The maximum Gasteiger partial charge on any atom is 0.326 e. The van der Waals surface area contributed by atoms with Gasteiger partial charge in [-0.3, -0.25) is 9.59 Å². The van der Waals surface area contributed by atoms with Gasteiger partial charge in [0.1, 0.15) is 6.04 Å². The van der Waals surface area contributed by atoms with Crippen molar-refractivity contribution >= 4 is 17.8 Å². The van der Waals surface area contributed by atoms with Crippen molar-refractivity contribution in [2.75, 3.05) is 0 Å². The fourth-order valence-electron chi connectivity index (χ4n) is 0.709. The molecule has 6 nitrogen and oxygen atoms in total. The maximum absolute atomic E-state index is 10.8. The molecule has 0 aliphatic heterocycles. The summed E-state index contributed by atoms with van der Waals surface area (Å²) in [5, 5.41) is 10.6. The van der Waals surface area contributed by atoms with Crippen LogP contribution in [0, 0.1) is 11.8 Å². The minimum Gasteiger partial charge on any atom is -0.480 e. The second kappa shape index (κ2) is 5.59. The van der Waals surface area contributed by atoms with E-state index in [1.807, 2.05) is 5.32 Å². The van der Waals surface area contributed by atoms with E-state index in [-0.39, 0.29) is 0 Å². The molecule has 0 aliphatic rings. The Morgan fingerprint density at radius 3 is 2.43 bits per heavy atom. The molecule has 0 saturated heterocycles. The lowest BCUT2D eigenvalue weighted by atomic mass is 10.2. The van der Waals surface area contributed by atoms with Crippen molar-refractivity contribution in [3.8, 4) is 11.8 Å². The number of hydrogen-bond acceptors (Lipinski definition) is 3. The molecule has 0 bridgehead atoms. The fraction of sp³-hybridized carbons (Fsp3) is 0.375. The Kier molecular flexibility index (Phi) is 4.78. The summed E-state index contributed by atoms with van der Waals surface area (Å²) in [7, 11) is 0. The molecule has 1 unspecified atom stereocenters. The third-order valence-electron chi connectivity index (χ3n) is 1.25. The Morgan fingerprint density at radius 1 is 1.50 bits per heavy atom. The Morgan fingerprint density at radius 2 is 2.07 bits per heavy atom. The number of primary amides is 1. The molecule has 0 aliphatic carbocycles. The van der Waals surface area contributed by atoms with Gasteiger partial charge in [-0.05, 0) is 12.8 Å². The van der Waals surface area contributed by atoms with Crippen molar-refractivity contribution in [2.45, 2.75) is 19.4 Å². The smallest absolute Gasteiger partial charge is 0.326 e. The van der Waals surface area contributed by atoms with Crippen LogP contribution in [-0.2, 0) is 14.4 Å². The van der Waals surface area contributed by atoms with Crippen LogP contribution >= 0.6 is 0 Å². The lowest BCUT2D eigenvalue weighted by molar-refractivity contribution is -0.142. The van der Waals surface area contributed by atoms with Crippen molar-refractivity contribution < 1.29 is 19.5 Å². The van der Waals surface area contributed by atoms with Gasteiger partial charge < -0.3 is 16.2 Å². The predicted octanol–water partition coefficient (Wildman–Crippen LogP) is -1.55. The number of carbonyl (C=O) groups excluding carboxylic acids is 2. The summed E-state index contributed by atoms with van der Waals surface area (Å²) in [6, 6.07) is -1.32.